The first-order valence-electron chi connectivity index (χ1n) is 11.9. The van der Waals surface area contributed by atoms with Crippen molar-refractivity contribution in [2.75, 3.05) is 13.7 Å². The Morgan fingerprint density at radius 2 is 1.57 bits per heavy atom. The molecule has 178 valence electrons. The molecule has 0 bridgehead atoms. The average Bonchev–Trinajstić information content (AvgIpc) is 3.68. The molecule has 0 radical (unpaired) electrons. The van der Waals surface area contributed by atoms with E-state index < -0.39 is 0 Å². The number of rotatable bonds is 9. The summed E-state index contributed by atoms with van der Waals surface area (Å²) in [6.45, 7) is 1.13. The smallest absolute Gasteiger partial charge is 0.254 e. The summed E-state index contributed by atoms with van der Waals surface area (Å²) in [4.78, 5) is 15.5. The zero-order valence-corrected chi connectivity index (χ0v) is 20.1. The Kier molecular flexibility index (Phi) is 6.53. The van der Waals surface area contributed by atoms with Crippen LogP contribution >= 0.6 is 0 Å². The second-order valence-corrected chi connectivity index (χ2v) is 8.89. The highest BCUT2D eigenvalue weighted by Crippen LogP contribution is 2.36. The van der Waals surface area contributed by atoms with Crippen molar-refractivity contribution < 1.29 is 14.3 Å². The molecule has 3 aromatic carbocycles. The van der Waals surface area contributed by atoms with E-state index in [1.54, 1.807) is 11.8 Å². The van der Waals surface area contributed by atoms with Gasteiger partial charge < -0.3 is 14.4 Å². The molecular weight excluding hydrogens is 438 g/mol. The van der Waals surface area contributed by atoms with E-state index >= 15 is 0 Å². The number of hydrogen-bond acceptors (Lipinski definition) is 4. The highest BCUT2D eigenvalue weighted by atomic mass is 16.5. The third-order valence-electron chi connectivity index (χ3n) is 6.24. The molecule has 0 saturated heterocycles. The molecule has 1 aliphatic rings. The van der Waals surface area contributed by atoms with Gasteiger partial charge in [0.25, 0.3) is 5.91 Å². The van der Waals surface area contributed by atoms with E-state index in [0.29, 0.717) is 29.7 Å². The fourth-order valence-corrected chi connectivity index (χ4v) is 4.19. The van der Waals surface area contributed by atoms with E-state index in [4.69, 9.17) is 14.6 Å². The van der Waals surface area contributed by atoms with Crippen molar-refractivity contribution in [1.29, 1.82) is 0 Å². The molecule has 6 heteroatoms. The molecule has 0 N–H and O–H groups in total. The lowest BCUT2D eigenvalue weighted by Crippen LogP contribution is -2.32. The Morgan fingerprint density at radius 3 is 2.20 bits per heavy atom. The van der Waals surface area contributed by atoms with Gasteiger partial charge in [0.1, 0.15) is 17.2 Å². The predicted octanol–water partition coefficient (Wildman–Crippen LogP) is 5.94. The van der Waals surface area contributed by atoms with Gasteiger partial charge in [-0.3, -0.25) is 4.79 Å². The van der Waals surface area contributed by atoms with E-state index in [0.717, 1.165) is 42.0 Å². The van der Waals surface area contributed by atoms with E-state index in [9.17, 15) is 4.79 Å². The molecule has 35 heavy (non-hydrogen) atoms. The number of aryl methyl sites for hydroxylation is 1. The molecule has 5 rings (SSSR count). The summed E-state index contributed by atoms with van der Waals surface area (Å²) in [6.07, 6.45) is 2.32. The Labute approximate surface area is 205 Å². The van der Waals surface area contributed by atoms with Crippen LogP contribution in [0.15, 0.2) is 84.9 Å². The Morgan fingerprint density at radius 1 is 0.943 bits per heavy atom. The van der Waals surface area contributed by atoms with E-state index in [1.807, 2.05) is 96.9 Å². The molecule has 4 aromatic rings. The first kappa shape index (κ1) is 22.7. The summed E-state index contributed by atoms with van der Waals surface area (Å²) in [5, 5.41) is 4.82. The van der Waals surface area contributed by atoms with Crippen molar-refractivity contribution in [2.24, 2.45) is 13.0 Å². The van der Waals surface area contributed by atoms with Gasteiger partial charge in [-0.05, 0) is 55.2 Å². The fourth-order valence-electron chi connectivity index (χ4n) is 4.19. The van der Waals surface area contributed by atoms with Gasteiger partial charge in [0.2, 0.25) is 5.88 Å². The standard InChI is InChI=1S/C29H29N3O3/c1-31-29(35-25-17-15-24(34-2)16-18-25)26(27(30-31)22-9-5-3-6-10-22)20-32(19-21-13-14-21)28(33)23-11-7-4-8-12-23/h3-12,15-18,21H,13-14,19-20H2,1-2H3. The zero-order valence-electron chi connectivity index (χ0n) is 20.1. The number of nitrogens with zero attached hydrogens (tertiary/aromatic N) is 3. The van der Waals surface area contributed by atoms with Crippen LogP contribution < -0.4 is 9.47 Å². The third-order valence-corrected chi connectivity index (χ3v) is 6.24. The van der Waals surface area contributed by atoms with Crippen LogP contribution in [0.5, 0.6) is 17.4 Å². The molecule has 1 fully saturated rings. The van der Waals surface area contributed by atoms with Crippen LogP contribution in [0.4, 0.5) is 0 Å². The predicted molar refractivity (Wildman–Crippen MR) is 136 cm³/mol. The quantitative estimate of drug-likeness (QED) is 0.306. The first-order chi connectivity index (χ1) is 17.1. The van der Waals surface area contributed by atoms with Crippen LogP contribution in [0, 0.1) is 5.92 Å². The summed E-state index contributed by atoms with van der Waals surface area (Å²) in [6, 6.07) is 27.0. The second kappa shape index (κ2) is 10.1. The summed E-state index contributed by atoms with van der Waals surface area (Å²) in [7, 11) is 3.51. The first-order valence-corrected chi connectivity index (χ1v) is 11.9. The monoisotopic (exact) mass is 467 g/mol. The number of benzene rings is 3. The van der Waals surface area contributed by atoms with Gasteiger partial charge in [-0.15, -0.1) is 0 Å². The van der Waals surface area contributed by atoms with Crippen molar-refractivity contribution in [2.45, 2.75) is 19.4 Å². The van der Waals surface area contributed by atoms with Crippen LogP contribution in [0.3, 0.4) is 0 Å². The molecular formula is C29H29N3O3. The lowest BCUT2D eigenvalue weighted by atomic mass is 10.1. The molecule has 0 atom stereocenters. The maximum atomic E-state index is 13.6. The summed E-state index contributed by atoms with van der Waals surface area (Å²) in [5.74, 6) is 2.63. The highest BCUT2D eigenvalue weighted by Gasteiger charge is 2.30. The number of carbonyl (C=O) groups is 1. The van der Waals surface area contributed by atoms with Crippen LogP contribution in [0.25, 0.3) is 11.3 Å². The normalized spacial score (nSPS) is 12.9. The topological polar surface area (TPSA) is 56.6 Å². The molecule has 1 aliphatic carbocycles. The van der Waals surface area contributed by atoms with Crippen LogP contribution in [-0.2, 0) is 13.6 Å². The molecule has 1 saturated carbocycles. The van der Waals surface area contributed by atoms with Gasteiger partial charge in [-0.25, -0.2) is 4.68 Å². The Hall–Kier alpha value is -4.06. The minimum Gasteiger partial charge on any atom is -0.497 e. The summed E-state index contributed by atoms with van der Waals surface area (Å²) in [5.41, 5.74) is 3.38. The van der Waals surface area contributed by atoms with Gasteiger partial charge in [-0.1, -0.05) is 48.5 Å². The zero-order chi connectivity index (χ0) is 24.2. The van der Waals surface area contributed by atoms with Gasteiger partial charge in [-0.2, -0.15) is 5.10 Å². The summed E-state index contributed by atoms with van der Waals surface area (Å²) < 4.78 is 13.4. The molecule has 0 spiro atoms. The molecule has 0 unspecified atom stereocenters. The van der Waals surface area contributed by atoms with Crippen LogP contribution in [-0.4, -0.2) is 34.2 Å². The number of hydrogen-bond donors (Lipinski definition) is 0. The number of methoxy groups -OCH3 is 1. The van der Waals surface area contributed by atoms with Gasteiger partial charge in [0.05, 0.1) is 19.2 Å². The Bertz CT molecular complexity index is 1280. The minimum absolute atomic E-state index is 0.0239. The molecule has 1 heterocycles. The maximum absolute atomic E-state index is 13.6. The molecule has 0 aliphatic heterocycles. The van der Waals surface area contributed by atoms with Gasteiger partial charge >= 0.3 is 0 Å². The van der Waals surface area contributed by atoms with Crippen molar-refractivity contribution in [3.63, 3.8) is 0 Å². The molecule has 1 aromatic heterocycles. The molecule has 1 amide bonds. The van der Waals surface area contributed by atoms with Crippen molar-refractivity contribution in [3.05, 3.63) is 96.1 Å². The largest absolute Gasteiger partial charge is 0.497 e. The third kappa shape index (κ3) is 5.22. The number of ether oxygens (including phenoxy) is 2. The van der Waals surface area contributed by atoms with E-state index in [2.05, 4.69) is 0 Å². The van der Waals surface area contributed by atoms with E-state index in [1.165, 1.54) is 0 Å². The lowest BCUT2D eigenvalue weighted by Gasteiger charge is -2.23. The molecule has 6 nitrogen and oxygen atoms in total. The van der Waals surface area contributed by atoms with Crippen molar-refractivity contribution in [1.82, 2.24) is 14.7 Å². The highest BCUT2D eigenvalue weighted by molar-refractivity contribution is 5.94. The maximum Gasteiger partial charge on any atom is 0.254 e. The summed E-state index contributed by atoms with van der Waals surface area (Å²) >= 11 is 0. The van der Waals surface area contributed by atoms with E-state index in [-0.39, 0.29) is 5.91 Å². The van der Waals surface area contributed by atoms with Crippen LogP contribution in [0.2, 0.25) is 0 Å². The van der Waals surface area contributed by atoms with Gasteiger partial charge in [0, 0.05) is 24.7 Å². The van der Waals surface area contributed by atoms with Crippen molar-refractivity contribution >= 4 is 5.91 Å². The number of carbonyl (C=O) groups excluding carboxylic acids is 1. The minimum atomic E-state index is 0.0239. The average molecular weight is 468 g/mol. The number of aromatic nitrogens is 2. The van der Waals surface area contributed by atoms with Gasteiger partial charge in [0.15, 0.2) is 0 Å². The van der Waals surface area contributed by atoms with Crippen LogP contribution in [0.1, 0.15) is 28.8 Å². The number of amides is 1. The second-order valence-electron chi connectivity index (χ2n) is 8.89. The fraction of sp³-hybridized carbons (Fsp3) is 0.241. The Balaban J connectivity index is 1.54. The lowest BCUT2D eigenvalue weighted by molar-refractivity contribution is 0.0734. The SMILES string of the molecule is COc1ccc(Oc2c(CN(CC3CC3)C(=O)c3ccccc3)c(-c3ccccc3)nn2C)cc1. The van der Waals surface area contributed by atoms with Crippen molar-refractivity contribution in [3.8, 4) is 28.6 Å².